The van der Waals surface area contributed by atoms with Crippen LogP contribution in [0.3, 0.4) is 0 Å². The Kier molecular flexibility index (Phi) is 6.04. The molecule has 1 aromatic heterocycles. The van der Waals surface area contributed by atoms with Gasteiger partial charge in [0.05, 0.1) is 5.54 Å². The number of likely N-dealkylation sites (N-methyl/N-ethyl adjacent to an activating group) is 1. The van der Waals surface area contributed by atoms with Gasteiger partial charge in [-0.05, 0) is 38.3 Å². The lowest BCUT2D eigenvalue weighted by Gasteiger charge is -2.25. The monoisotopic (exact) mass is 288 g/mol. The molecule has 1 unspecified atom stereocenters. The molecule has 1 heterocycles. The molecule has 18 heavy (non-hydrogen) atoms. The third-order valence-corrected chi connectivity index (χ3v) is 4.87. The van der Waals surface area contributed by atoms with Gasteiger partial charge < -0.3 is 11.1 Å². The molecule has 0 radical (unpaired) electrons. The van der Waals surface area contributed by atoms with Crippen molar-refractivity contribution >= 4 is 29.2 Å². The number of carbonyl (C=O) groups is 1. The molecule has 1 atom stereocenters. The highest BCUT2D eigenvalue weighted by molar-refractivity contribution is 8.00. The number of hydrogen-bond acceptors (Lipinski definition) is 6. The number of primary amides is 1. The van der Waals surface area contributed by atoms with Gasteiger partial charge in [-0.15, -0.1) is 0 Å². The Bertz CT molecular complexity index is 396. The molecule has 1 rings (SSSR count). The normalized spacial score (nSPS) is 14.4. The zero-order chi connectivity index (χ0) is 13.6. The minimum absolute atomic E-state index is 0.306. The van der Waals surface area contributed by atoms with E-state index in [9.17, 15) is 4.79 Å². The largest absolute Gasteiger partial charge is 0.368 e. The molecule has 102 valence electrons. The summed E-state index contributed by atoms with van der Waals surface area (Å²) in [5.74, 6) is 1.52. The molecule has 0 aliphatic carbocycles. The van der Waals surface area contributed by atoms with Crippen LogP contribution in [-0.4, -0.2) is 33.6 Å². The maximum Gasteiger partial charge on any atom is 0.237 e. The van der Waals surface area contributed by atoms with Crippen molar-refractivity contribution in [2.75, 3.05) is 12.8 Å². The van der Waals surface area contributed by atoms with Gasteiger partial charge in [0.25, 0.3) is 0 Å². The lowest BCUT2D eigenvalue weighted by Crippen LogP contribution is -2.51. The van der Waals surface area contributed by atoms with E-state index in [-0.39, 0.29) is 5.91 Å². The number of aryl methyl sites for hydroxylation is 1. The fourth-order valence-corrected chi connectivity index (χ4v) is 3.10. The average Bonchev–Trinajstić information content (AvgIpc) is 2.82. The van der Waals surface area contributed by atoms with E-state index in [0.29, 0.717) is 0 Å². The highest BCUT2D eigenvalue weighted by Gasteiger charge is 2.27. The van der Waals surface area contributed by atoms with Crippen molar-refractivity contribution in [2.45, 2.75) is 43.0 Å². The van der Waals surface area contributed by atoms with Crippen molar-refractivity contribution < 1.29 is 4.79 Å². The van der Waals surface area contributed by atoms with E-state index >= 15 is 0 Å². The molecule has 0 spiro atoms. The maximum atomic E-state index is 11.3. The Morgan fingerprint density at radius 3 is 2.83 bits per heavy atom. The second-order valence-electron chi connectivity index (χ2n) is 4.23. The third kappa shape index (κ3) is 4.22. The van der Waals surface area contributed by atoms with Gasteiger partial charge in [0.2, 0.25) is 5.91 Å². The summed E-state index contributed by atoms with van der Waals surface area (Å²) in [6, 6.07) is 0. The van der Waals surface area contributed by atoms with E-state index in [4.69, 9.17) is 5.73 Å². The van der Waals surface area contributed by atoms with Crippen molar-refractivity contribution in [3.05, 3.63) is 5.82 Å². The van der Waals surface area contributed by atoms with E-state index in [1.165, 1.54) is 11.5 Å². The maximum absolute atomic E-state index is 11.3. The number of thioether (sulfide) groups is 1. The standard InChI is InChI=1S/C11H20N4OS2/c1-4-8-14-10(18-15-8)17-7-5-6-11(2,13-3)9(12)16/h13H,4-7H2,1-3H3,(H2,12,16). The van der Waals surface area contributed by atoms with Gasteiger partial charge in [0.1, 0.15) is 5.82 Å². The number of hydrogen-bond donors (Lipinski definition) is 2. The minimum Gasteiger partial charge on any atom is -0.368 e. The van der Waals surface area contributed by atoms with Crippen LogP contribution in [0.1, 0.15) is 32.5 Å². The average molecular weight is 288 g/mol. The fraction of sp³-hybridized carbons (Fsp3) is 0.727. The number of aromatic nitrogens is 2. The SMILES string of the molecule is CCc1nsc(SCCCC(C)(NC)C(N)=O)n1. The Morgan fingerprint density at radius 1 is 1.61 bits per heavy atom. The number of rotatable bonds is 8. The molecule has 0 aliphatic rings. The number of nitrogens with zero attached hydrogens (tertiary/aromatic N) is 2. The molecule has 0 saturated heterocycles. The van der Waals surface area contributed by atoms with Gasteiger partial charge in [0.15, 0.2) is 4.34 Å². The van der Waals surface area contributed by atoms with E-state index in [1.807, 2.05) is 13.8 Å². The number of amides is 1. The summed E-state index contributed by atoms with van der Waals surface area (Å²) in [4.78, 5) is 15.7. The summed E-state index contributed by atoms with van der Waals surface area (Å²) < 4.78 is 5.23. The van der Waals surface area contributed by atoms with Crippen LogP contribution >= 0.6 is 23.3 Å². The summed E-state index contributed by atoms with van der Waals surface area (Å²) >= 11 is 3.12. The molecule has 1 aromatic rings. The first kappa shape index (κ1) is 15.4. The van der Waals surface area contributed by atoms with Crippen molar-refractivity contribution in [3.63, 3.8) is 0 Å². The zero-order valence-electron chi connectivity index (χ0n) is 11.0. The molecule has 0 saturated carbocycles. The van der Waals surface area contributed by atoms with Crippen LogP contribution in [0.4, 0.5) is 0 Å². The third-order valence-electron chi connectivity index (χ3n) is 2.91. The first-order valence-electron chi connectivity index (χ1n) is 5.96. The van der Waals surface area contributed by atoms with Gasteiger partial charge in [-0.1, -0.05) is 18.7 Å². The molecule has 7 heteroatoms. The van der Waals surface area contributed by atoms with Crippen LogP contribution < -0.4 is 11.1 Å². The second-order valence-corrected chi connectivity index (χ2v) is 6.32. The first-order valence-corrected chi connectivity index (χ1v) is 7.72. The van der Waals surface area contributed by atoms with Crippen LogP contribution in [0.15, 0.2) is 4.34 Å². The predicted molar refractivity (Wildman–Crippen MR) is 75.9 cm³/mol. The van der Waals surface area contributed by atoms with Crippen molar-refractivity contribution in [1.82, 2.24) is 14.7 Å². The van der Waals surface area contributed by atoms with E-state index < -0.39 is 5.54 Å². The first-order chi connectivity index (χ1) is 8.51. The molecule has 0 bridgehead atoms. The summed E-state index contributed by atoms with van der Waals surface area (Å²) in [5, 5.41) is 2.98. The van der Waals surface area contributed by atoms with Crippen LogP contribution in [0, 0.1) is 0 Å². The Balaban J connectivity index is 2.32. The minimum atomic E-state index is -0.615. The summed E-state index contributed by atoms with van der Waals surface area (Å²) in [6.45, 7) is 3.88. The number of nitrogens with one attached hydrogen (secondary N) is 1. The lowest BCUT2D eigenvalue weighted by atomic mass is 9.96. The van der Waals surface area contributed by atoms with Crippen LogP contribution in [0.5, 0.6) is 0 Å². The van der Waals surface area contributed by atoms with Crippen molar-refractivity contribution in [1.29, 1.82) is 0 Å². The van der Waals surface area contributed by atoms with Crippen LogP contribution in [-0.2, 0) is 11.2 Å². The molecular weight excluding hydrogens is 268 g/mol. The van der Waals surface area contributed by atoms with Gasteiger partial charge in [0, 0.05) is 12.2 Å². The predicted octanol–water partition coefficient (Wildman–Crippen LogP) is 1.44. The molecule has 3 N–H and O–H groups in total. The van der Waals surface area contributed by atoms with Crippen molar-refractivity contribution in [3.8, 4) is 0 Å². The molecule has 1 amide bonds. The van der Waals surface area contributed by atoms with Gasteiger partial charge >= 0.3 is 0 Å². The second kappa shape index (κ2) is 7.06. The van der Waals surface area contributed by atoms with Crippen molar-refractivity contribution in [2.24, 2.45) is 5.73 Å². The smallest absolute Gasteiger partial charge is 0.237 e. The highest BCUT2D eigenvalue weighted by atomic mass is 32.2. The summed E-state index contributed by atoms with van der Waals surface area (Å²) in [6.07, 6.45) is 2.51. The summed E-state index contributed by atoms with van der Waals surface area (Å²) in [7, 11) is 1.76. The molecule has 0 aliphatic heterocycles. The van der Waals surface area contributed by atoms with E-state index in [2.05, 4.69) is 14.7 Å². The number of carbonyl (C=O) groups excluding carboxylic acids is 1. The molecule has 0 fully saturated rings. The lowest BCUT2D eigenvalue weighted by molar-refractivity contribution is -0.123. The topological polar surface area (TPSA) is 80.9 Å². The van der Waals surface area contributed by atoms with Gasteiger partial charge in [-0.3, -0.25) is 4.79 Å². The quantitative estimate of drug-likeness (QED) is 0.559. The Morgan fingerprint density at radius 2 is 2.33 bits per heavy atom. The highest BCUT2D eigenvalue weighted by Crippen LogP contribution is 2.23. The van der Waals surface area contributed by atoms with Gasteiger partial charge in [-0.2, -0.15) is 4.37 Å². The van der Waals surface area contributed by atoms with E-state index in [0.717, 1.165) is 35.2 Å². The zero-order valence-corrected chi connectivity index (χ0v) is 12.7. The van der Waals surface area contributed by atoms with E-state index in [1.54, 1.807) is 18.8 Å². The van der Waals surface area contributed by atoms with Crippen LogP contribution in [0.2, 0.25) is 0 Å². The van der Waals surface area contributed by atoms with Gasteiger partial charge in [-0.25, -0.2) is 4.98 Å². The summed E-state index contributed by atoms with van der Waals surface area (Å²) in [5.41, 5.74) is 4.75. The Labute approximate surface area is 116 Å². The molecular formula is C11H20N4OS2. The molecule has 0 aromatic carbocycles. The molecule has 5 nitrogen and oxygen atoms in total. The Hall–Kier alpha value is -0.660. The number of nitrogens with two attached hydrogens (primary N) is 1. The fourth-order valence-electron chi connectivity index (χ4n) is 1.40. The van der Waals surface area contributed by atoms with Crippen LogP contribution in [0.25, 0.3) is 0 Å².